The lowest BCUT2D eigenvalue weighted by Gasteiger charge is -2.31. The van der Waals surface area contributed by atoms with E-state index in [0.717, 1.165) is 50.1 Å². The highest BCUT2D eigenvalue weighted by atomic mass is 16.5. The number of hydrogen-bond acceptors (Lipinski definition) is 4. The molecule has 0 N–H and O–H groups in total. The van der Waals surface area contributed by atoms with Gasteiger partial charge in [0.05, 0.1) is 12.2 Å². The van der Waals surface area contributed by atoms with Crippen molar-refractivity contribution >= 4 is 0 Å². The standard InChI is InChI=1S/C24H44O4/c1-25-23-10-6-19(7-11-23)15-27-17-21-4-3-5-22(14-21)18-28-16-20-8-12-24(26-2)13-9-20/h19-24H,3-18H2,1-2H3. The fraction of sp³-hybridized carbons (Fsp3) is 1.00. The van der Waals surface area contributed by atoms with Gasteiger partial charge in [0, 0.05) is 40.6 Å². The van der Waals surface area contributed by atoms with Crippen molar-refractivity contribution in [2.75, 3.05) is 40.6 Å². The molecule has 0 aromatic rings. The van der Waals surface area contributed by atoms with Crippen molar-refractivity contribution in [3.05, 3.63) is 0 Å². The molecule has 3 fully saturated rings. The highest BCUT2D eigenvalue weighted by Crippen LogP contribution is 2.31. The fourth-order valence-electron chi connectivity index (χ4n) is 5.58. The zero-order valence-corrected chi connectivity index (χ0v) is 18.4. The maximum atomic E-state index is 6.16. The van der Waals surface area contributed by atoms with Gasteiger partial charge < -0.3 is 18.9 Å². The van der Waals surface area contributed by atoms with E-state index in [1.807, 2.05) is 14.2 Å². The Morgan fingerprint density at radius 3 is 1.29 bits per heavy atom. The molecule has 4 heteroatoms. The monoisotopic (exact) mass is 396 g/mol. The average molecular weight is 397 g/mol. The van der Waals surface area contributed by atoms with E-state index < -0.39 is 0 Å². The van der Waals surface area contributed by atoms with Gasteiger partial charge in [-0.2, -0.15) is 0 Å². The smallest absolute Gasteiger partial charge is 0.0571 e. The third-order valence-electron chi connectivity index (χ3n) is 7.56. The van der Waals surface area contributed by atoms with Crippen molar-refractivity contribution in [3.8, 4) is 0 Å². The molecule has 0 saturated heterocycles. The summed E-state index contributed by atoms with van der Waals surface area (Å²) in [7, 11) is 3.69. The molecule has 0 aliphatic heterocycles. The average Bonchev–Trinajstić information content (AvgIpc) is 2.75. The van der Waals surface area contributed by atoms with Gasteiger partial charge in [-0.25, -0.2) is 0 Å². The molecular formula is C24H44O4. The van der Waals surface area contributed by atoms with Crippen LogP contribution in [0.25, 0.3) is 0 Å². The summed E-state index contributed by atoms with van der Waals surface area (Å²) in [4.78, 5) is 0. The minimum atomic E-state index is 0.491. The molecule has 4 nitrogen and oxygen atoms in total. The van der Waals surface area contributed by atoms with Crippen LogP contribution in [0.15, 0.2) is 0 Å². The summed E-state index contributed by atoms with van der Waals surface area (Å²) in [6.07, 6.45) is 16.2. The molecule has 0 amide bonds. The van der Waals surface area contributed by atoms with Gasteiger partial charge in [0.2, 0.25) is 0 Å². The van der Waals surface area contributed by atoms with E-state index in [1.54, 1.807) is 0 Å². The fourth-order valence-corrected chi connectivity index (χ4v) is 5.58. The molecule has 0 heterocycles. The molecule has 0 spiro atoms. The van der Waals surface area contributed by atoms with Crippen molar-refractivity contribution in [3.63, 3.8) is 0 Å². The molecule has 0 aromatic carbocycles. The first-order valence-electron chi connectivity index (χ1n) is 12.0. The van der Waals surface area contributed by atoms with Crippen LogP contribution in [0.1, 0.15) is 77.0 Å². The topological polar surface area (TPSA) is 36.9 Å². The predicted molar refractivity (Wildman–Crippen MR) is 113 cm³/mol. The summed E-state index contributed by atoms with van der Waals surface area (Å²) in [6.45, 7) is 3.83. The quantitative estimate of drug-likeness (QED) is 0.506. The second-order valence-electron chi connectivity index (χ2n) is 9.73. The lowest BCUT2D eigenvalue weighted by molar-refractivity contribution is -0.00177. The summed E-state index contributed by atoms with van der Waals surface area (Å²) >= 11 is 0. The van der Waals surface area contributed by atoms with E-state index in [1.165, 1.54) is 77.0 Å². The summed E-state index contributed by atoms with van der Waals surface area (Å²) in [5, 5.41) is 0. The molecule has 0 aromatic heterocycles. The van der Waals surface area contributed by atoms with Crippen molar-refractivity contribution in [2.24, 2.45) is 23.7 Å². The molecule has 3 saturated carbocycles. The van der Waals surface area contributed by atoms with Crippen molar-refractivity contribution in [1.29, 1.82) is 0 Å². The lowest BCUT2D eigenvalue weighted by Crippen LogP contribution is -2.27. The minimum absolute atomic E-state index is 0.491. The van der Waals surface area contributed by atoms with Gasteiger partial charge in [-0.15, -0.1) is 0 Å². The Morgan fingerprint density at radius 2 is 0.893 bits per heavy atom. The van der Waals surface area contributed by atoms with Crippen LogP contribution in [0.3, 0.4) is 0 Å². The Balaban J connectivity index is 1.23. The largest absolute Gasteiger partial charge is 0.381 e. The summed E-state index contributed by atoms with van der Waals surface area (Å²) in [5.74, 6) is 2.99. The second kappa shape index (κ2) is 12.5. The SMILES string of the molecule is COC1CCC(COCC2CCCC(COCC3CCC(OC)CC3)C2)CC1. The zero-order valence-electron chi connectivity index (χ0n) is 18.4. The molecule has 2 unspecified atom stereocenters. The van der Waals surface area contributed by atoms with Crippen LogP contribution in [0, 0.1) is 23.7 Å². The molecule has 0 bridgehead atoms. The van der Waals surface area contributed by atoms with E-state index in [9.17, 15) is 0 Å². The Morgan fingerprint density at radius 1 is 0.500 bits per heavy atom. The van der Waals surface area contributed by atoms with Gasteiger partial charge in [-0.3, -0.25) is 0 Å². The number of rotatable bonds is 10. The first kappa shape index (κ1) is 22.5. The van der Waals surface area contributed by atoms with Gasteiger partial charge in [0.15, 0.2) is 0 Å². The van der Waals surface area contributed by atoms with E-state index in [2.05, 4.69) is 0 Å². The molecule has 164 valence electrons. The van der Waals surface area contributed by atoms with Gasteiger partial charge in [0.1, 0.15) is 0 Å². The summed E-state index contributed by atoms with van der Waals surface area (Å²) in [6, 6.07) is 0. The van der Waals surface area contributed by atoms with Gasteiger partial charge in [0.25, 0.3) is 0 Å². The van der Waals surface area contributed by atoms with E-state index >= 15 is 0 Å². The third-order valence-corrected chi connectivity index (χ3v) is 7.56. The third kappa shape index (κ3) is 7.59. The summed E-state index contributed by atoms with van der Waals surface area (Å²) < 4.78 is 23.3. The highest BCUT2D eigenvalue weighted by Gasteiger charge is 2.25. The molecule has 3 aliphatic rings. The van der Waals surface area contributed by atoms with Gasteiger partial charge in [-0.05, 0) is 94.3 Å². The minimum Gasteiger partial charge on any atom is -0.381 e. The Labute approximate surface area is 173 Å². The van der Waals surface area contributed by atoms with Crippen LogP contribution < -0.4 is 0 Å². The van der Waals surface area contributed by atoms with Crippen LogP contribution in [0.5, 0.6) is 0 Å². The van der Waals surface area contributed by atoms with Crippen LogP contribution in [-0.4, -0.2) is 52.9 Å². The first-order valence-corrected chi connectivity index (χ1v) is 12.0. The van der Waals surface area contributed by atoms with Crippen LogP contribution in [0.2, 0.25) is 0 Å². The predicted octanol–water partition coefficient (Wildman–Crippen LogP) is 5.24. The van der Waals surface area contributed by atoms with Gasteiger partial charge in [-0.1, -0.05) is 6.42 Å². The van der Waals surface area contributed by atoms with E-state index in [0.29, 0.717) is 12.2 Å². The maximum Gasteiger partial charge on any atom is 0.0571 e. The number of methoxy groups -OCH3 is 2. The second-order valence-corrected chi connectivity index (χ2v) is 9.73. The van der Waals surface area contributed by atoms with Gasteiger partial charge >= 0.3 is 0 Å². The molecule has 28 heavy (non-hydrogen) atoms. The van der Waals surface area contributed by atoms with Crippen LogP contribution >= 0.6 is 0 Å². The highest BCUT2D eigenvalue weighted by molar-refractivity contribution is 4.76. The lowest BCUT2D eigenvalue weighted by atomic mass is 9.82. The normalized spacial score (nSPS) is 37.1. The van der Waals surface area contributed by atoms with Crippen molar-refractivity contribution in [1.82, 2.24) is 0 Å². The van der Waals surface area contributed by atoms with Crippen LogP contribution in [0.4, 0.5) is 0 Å². The van der Waals surface area contributed by atoms with E-state index in [4.69, 9.17) is 18.9 Å². The molecule has 3 aliphatic carbocycles. The Bertz CT molecular complexity index is 363. The molecular weight excluding hydrogens is 352 g/mol. The molecule has 2 atom stereocenters. The first-order chi connectivity index (χ1) is 13.8. The Hall–Kier alpha value is -0.160. The Kier molecular flexibility index (Phi) is 10.1. The van der Waals surface area contributed by atoms with E-state index in [-0.39, 0.29) is 0 Å². The number of ether oxygens (including phenoxy) is 4. The van der Waals surface area contributed by atoms with Crippen LogP contribution in [-0.2, 0) is 18.9 Å². The zero-order chi connectivity index (χ0) is 19.6. The maximum absolute atomic E-state index is 6.16. The number of hydrogen-bond donors (Lipinski definition) is 0. The van der Waals surface area contributed by atoms with Crippen molar-refractivity contribution in [2.45, 2.75) is 89.3 Å². The van der Waals surface area contributed by atoms with Crippen molar-refractivity contribution < 1.29 is 18.9 Å². The molecule has 0 radical (unpaired) electrons. The molecule has 3 rings (SSSR count). The summed E-state index contributed by atoms with van der Waals surface area (Å²) in [5.41, 5.74) is 0.